The third-order valence-corrected chi connectivity index (χ3v) is 3.99. The lowest BCUT2D eigenvalue weighted by molar-refractivity contribution is -0.156. The number of carbonyl (C=O) groups excluding carboxylic acids is 1. The molecule has 1 heterocycles. The second-order valence-corrected chi connectivity index (χ2v) is 4.97. The standard InChI is InChI=1S/C12H19NO3/c14-10(4-1-2-5-11(15)16)13-9-8-12(13)6-3-7-12/h1-9H2,(H,15,16). The second-order valence-electron chi connectivity index (χ2n) is 4.97. The highest BCUT2D eigenvalue weighted by Crippen LogP contribution is 2.47. The number of carboxylic acids is 1. The number of likely N-dealkylation sites (tertiary alicyclic amines) is 1. The van der Waals surface area contributed by atoms with E-state index in [0.717, 1.165) is 6.54 Å². The minimum atomic E-state index is -0.771. The van der Waals surface area contributed by atoms with E-state index in [1.54, 1.807) is 0 Å². The van der Waals surface area contributed by atoms with Crippen LogP contribution in [0.4, 0.5) is 0 Å². The molecule has 1 amide bonds. The molecule has 1 saturated carbocycles. The van der Waals surface area contributed by atoms with Gasteiger partial charge in [-0.3, -0.25) is 9.59 Å². The Kier molecular flexibility index (Phi) is 3.17. The molecular weight excluding hydrogens is 206 g/mol. The van der Waals surface area contributed by atoms with E-state index >= 15 is 0 Å². The van der Waals surface area contributed by atoms with Crippen LogP contribution < -0.4 is 0 Å². The molecule has 0 radical (unpaired) electrons. The summed E-state index contributed by atoms with van der Waals surface area (Å²) in [5.74, 6) is -0.539. The lowest BCUT2D eigenvalue weighted by atomic mass is 9.67. The number of carbonyl (C=O) groups is 2. The van der Waals surface area contributed by atoms with E-state index < -0.39 is 5.97 Å². The van der Waals surface area contributed by atoms with Gasteiger partial charge in [0.2, 0.25) is 5.91 Å². The van der Waals surface area contributed by atoms with Crippen molar-refractivity contribution >= 4 is 11.9 Å². The Morgan fingerprint density at radius 2 is 1.81 bits per heavy atom. The van der Waals surface area contributed by atoms with Crippen LogP contribution in [-0.2, 0) is 9.59 Å². The zero-order chi connectivity index (χ0) is 11.6. The van der Waals surface area contributed by atoms with Crippen LogP contribution >= 0.6 is 0 Å². The number of aliphatic carboxylic acids is 1. The van der Waals surface area contributed by atoms with E-state index in [0.29, 0.717) is 19.3 Å². The Bertz CT molecular complexity index is 291. The Morgan fingerprint density at radius 1 is 1.12 bits per heavy atom. The van der Waals surface area contributed by atoms with Crippen molar-refractivity contribution < 1.29 is 14.7 Å². The van der Waals surface area contributed by atoms with E-state index in [-0.39, 0.29) is 17.9 Å². The van der Waals surface area contributed by atoms with E-state index in [4.69, 9.17) is 5.11 Å². The normalized spacial score (nSPS) is 21.4. The highest BCUT2D eigenvalue weighted by molar-refractivity contribution is 5.78. The Hall–Kier alpha value is -1.06. The van der Waals surface area contributed by atoms with E-state index in [2.05, 4.69) is 0 Å². The third-order valence-electron chi connectivity index (χ3n) is 3.99. The maximum absolute atomic E-state index is 11.9. The molecular formula is C12H19NO3. The zero-order valence-corrected chi connectivity index (χ0v) is 9.57. The minimum Gasteiger partial charge on any atom is -0.481 e. The number of unbranched alkanes of at least 4 members (excludes halogenated alkanes) is 1. The lowest BCUT2D eigenvalue weighted by Gasteiger charge is -2.58. The molecule has 2 aliphatic rings. The smallest absolute Gasteiger partial charge is 0.303 e. The van der Waals surface area contributed by atoms with Crippen molar-refractivity contribution in [3.63, 3.8) is 0 Å². The molecule has 2 rings (SSSR count). The summed E-state index contributed by atoms with van der Waals surface area (Å²) in [6.45, 7) is 0.914. The first-order chi connectivity index (χ1) is 7.64. The Morgan fingerprint density at radius 3 is 2.25 bits per heavy atom. The summed E-state index contributed by atoms with van der Waals surface area (Å²) in [4.78, 5) is 24.2. The monoisotopic (exact) mass is 225 g/mol. The molecule has 4 nitrogen and oxygen atoms in total. The van der Waals surface area contributed by atoms with Gasteiger partial charge in [0.15, 0.2) is 0 Å². The predicted octanol–water partition coefficient (Wildman–Crippen LogP) is 1.79. The molecule has 1 N–H and O–H groups in total. The molecule has 1 aliphatic heterocycles. The summed E-state index contributed by atoms with van der Waals surface area (Å²) in [7, 11) is 0. The van der Waals surface area contributed by atoms with Crippen LogP contribution in [-0.4, -0.2) is 34.0 Å². The van der Waals surface area contributed by atoms with Crippen molar-refractivity contribution in [2.75, 3.05) is 6.54 Å². The zero-order valence-electron chi connectivity index (χ0n) is 9.57. The van der Waals surface area contributed by atoms with E-state index in [1.165, 1.54) is 25.7 Å². The number of hydrogen-bond acceptors (Lipinski definition) is 2. The fraction of sp³-hybridized carbons (Fsp3) is 0.833. The van der Waals surface area contributed by atoms with Crippen molar-refractivity contribution in [3.05, 3.63) is 0 Å². The number of carboxylic acid groups (broad SMARTS) is 1. The first-order valence-electron chi connectivity index (χ1n) is 6.16. The van der Waals surface area contributed by atoms with Crippen molar-refractivity contribution in [1.29, 1.82) is 0 Å². The molecule has 16 heavy (non-hydrogen) atoms. The molecule has 0 bridgehead atoms. The maximum atomic E-state index is 11.9. The van der Waals surface area contributed by atoms with Gasteiger partial charge in [0.05, 0.1) is 0 Å². The van der Waals surface area contributed by atoms with Crippen molar-refractivity contribution in [2.45, 2.75) is 56.9 Å². The number of amides is 1. The van der Waals surface area contributed by atoms with Gasteiger partial charge in [-0.2, -0.15) is 0 Å². The largest absolute Gasteiger partial charge is 0.481 e. The van der Waals surface area contributed by atoms with Gasteiger partial charge >= 0.3 is 5.97 Å². The molecule has 0 unspecified atom stereocenters. The van der Waals surface area contributed by atoms with Crippen LogP contribution in [0.1, 0.15) is 51.4 Å². The number of hydrogen-bond donors (Lipinski definition) is 1. The fourth-order valence-electron chi connectivity index (χ4n) is 2.72. The third kappa shape index (κ3) is 2.06. The molecule has 0 aromatic heterocycles. The van der Waals surface area contributed by atoms with Crippen LogP contribution in [0.2, 0.25) is 0 Å². The Labute approximate surface area is 95.6 Å². The molecule has 1 aliphatic carbocycles. The van der Waals surface area contributed by atoms with Gasteiger partial charge < -0.3 is 10.0 Å². The maximum Gasteiger partial charge on any atom is 0.303 e. The molecule has 1 spiro atoms. The van der Waals surface area contributed by atoms with Gasteiger partial charge in [0, 0.05) is 24.9 Å². The van der Waals surface area contributed by atoms with Crippen LogP contribution in [0.3, 0.4) is 0 Å². The highest BCUT2D eigenvalue weighted by atomic mass is 16.4. The van der Waals surface area contributed by atoms with Gasteiger partial charge in [-0.15, -0.1) is 0 Å². The molecule has 0 aromatic carbocycles. The summed E-state index contributed by atoms with van der Waals surface area (Å²) in [5, 5.41) is 8.48. The molecule has 0 aromatic rings. The van der Waals surface area contributed by atoms with Gasteiger partial charge in [0.1, 0.15) is 0 Å². The van der Waals surface area contributed by atoms with Crippen molar-refractivity contribution in [3.8, 4) is 0 Å². The number of rotatable bonds is 5. The molecule has 90 valence electrons. The fourth-order valence-corrected chi connectivity index (χ4v) is 2.72. The quantitative estimate of drug-likeness (QED) is 0.726. The van der Waals surface area contributed by atoms with Crippen molar-refractivity contribution in [2.24, 2.45) is 0 Å². The second kappa shape index (κ2) is 4.44. The van der Waals surface area contributed by atoms with Crippen molar-refractivity contribution in [1.82, 2.24) is 4.90 Å². The average Bonchev–Trinajstić information content (AvgIpc) is 2.08. The molecule has 2 fully saturated rings. The first-order valence-corrected chi connectivity index (χ1v) is 6.16. The SMILES string of the molecule is O=C(O)CCCCC(=O)N1CCC12CCC2. The van der Waals surface area contributed by atoms with E-state index in [1.807, 2.05) is 4.90 Å². The lowest BCUT2D eigenvalue weighted by Crippen LogP contribution is -2.65. The summed E-state index contributed by atoms with van der Waals surface area (Å²) >= 11 is 0. The van der Waals surface area contributed by atoms with E-state index in [9.17, 15) is 9.59 Å². The molecule has 0 atom stereocenters. The first kappa shape index (κ1) is 11.4. The van der Waals surface area contributed by atoms with Gasteiger partial charge in [-0.25, -0.2) is 0 Å². The predicted molar refractivity (Wildman–Crippen MR) is 59.0 cm³/mol. The minimum absolute atomic E-state index is 0.179. The van der Waals surface area contributed by atoms with Crippen LogP contribution in [0.15, 0.2) is 0 Å². The average molecular weight is 225 g/mol. The summed E-state index contributed by atoms with van der Waals surface area (Å²) in [6, 6.07) is 0. The highest BCUT2D eigenvalue weighted by Gasteiger charge is 2.50. The topological polar surface area (TPSA) is 57.6 Å². The number of nitrogens with zero attached hydrogens (tertiary/aromatic N) is 1. The van der Waals surface area contributed by atoms with Crippen LogP contribution in [0.5, 0.6) is 0 Å². The van der Waals surface area contributed by atoms with Gasteiger partial charge in [-0.05, 0) is 38.5 Å². The summed E-state index contributed by atoms with van der Waals surface area (Å²) < 4.78 is 0. The molecule has 4 heteroatoms. The van der Waals surface area contributed by atoms with Gasteiger partial charge in [0.25, 0.3) is 0 Å². The molecule has 1 saturated heterocycles. The van der Waals surface area contributed by atoms with Crippen LogP contribution in [0, 0.1) is 0 Å². The van der Waals surface area contributed by atoms with Gasteiger partial charge in [-0.1, -0.05) is 0 Å². The Balaban J connectivity index is 1.66. The van der Waals surface area contributed by atoms with Crippen LogP contribution in [0.25, 0.3) is 0 Å². The summed E-state index contributed by atoms with van der Waals surface area (Å²) in [5.41, 5.74) is 0.240. The summed E-state index contributed by atoms with van der Waals surface area (Å²) in [6.07, 6.45) is 6.80.